The molecule has 15 heavy (non-hydrogen) atoms. The molecule has 1 heterocycles. The molecule has 0 aromatic carbocycles. The Morgan fingerprint density at radius 2 is 2.07 bits per heavy atom. The van der Waals surface area contributed by atoms with Crippen LogP contribution in [0.3, 0.4) is 0 Å². The van der Waals surface area contributed by atoms with E-state index in [0.29, 0.717) is 11.0 Å². The topological polar surface area (TPSA) is 12.4 Å². The largest absolute Gasteiger partial charge is 0.276 e. The Balaban J connectivity index is 1.96. The molecule has 0 unspecified atom stereocenters. The van der Waals surface area contributed by atoms with Crippen molar-refractivity contribution in [2.75, 3.05) is 6.26 Å². The zero-order chi connectivity index (χ0) is 10.7. The Kier molecular flexibility index (Phi) is 2.06. The molecule has 0 amide bonds. The summed E-state index contributed by atoms with van der Waals surface area (Å²) in [5.74, 6) is 1.74. The summed E-state index contributed by atoms with van der Waals surface area (Å²) in [6.07, 6.45) is 9.10. The van der Waals surface area contributed by atoms with Gasteiger partial charge in [-0.05, 0) is 36.3 Å². The monoisotopic (exact) mass is 223 g/mol. The van der Waals surface area contributed by atoms with Crippen LogP contribution < -0.4 is 0 Å². The maximum atomic E-state index is 5.10. The lowest BCUT2D eigenvalue weighted by Crippen LogP contribution is -2.65. The molecule has 3 atom stereocenters. The Morgan fingerprint density at radius 1 is 1.27 bits per heavy atom. The van der Waals surface area contributed by atoms with Crippen molar-refractivity contribution in [3.8, 4) is 0 Å². The van der Waals surface area contributed by atoms with Gasteiger partial charge in [0.2, 0.25) is 0 Å². The molecule has 3 rings (SSSR count). The van der Waals surface area contributed by atoms with Gasteiger partial charge in [-0.3, -0.25) is 4.99 Å². The van der Waals surface area contributed by atoms with Crippen LogP contribution in [-0.2, 0) is 0 Å². The van der Waals surface area contributed by atoms with E-state index >= 15 is 0 Å². The van der Waals surface area contributed by atoms with Gasteiger partial charge in [-0.15, -0.1) is 11.8 Å². The van der Waals surface area contributed by atoms with Crippen molar-refractivity contribution in [3.05, 3.63) is 0 Å². The number of thioether (sulfide) groups is 1. The van der Waals surface area contributed by atoms with Crippen LogP contribution in [0.15, 0.2) is 4.99 Å². The van der Waals surface area contributed by atoms with E-state index in [2.05, 4.69) is 20.1 Å². The zero-order valence-electron chi connectivity index (χ0n) is 10.0. The van der Waals surface area contributed by atoms with E-state index in [1.54, 1.807) is 0 Å². The first-order valence-corrected chi connectivity index (χ1v) is 7.46. The fourth-order valence-corrected chi connectivity index (χ4v) is 5.23. The smallest absolute Gasteiger partial charge is 0.0688 e. The maximum Gasteiger partial charge on any atom is 0.0688 e. The van der Waals surface area contributed by atoms with E-state index in [0.717, 1.165) is 11.8 Å². The highest BCUT2D eigenvalue weighted by atomic mass is 32.2. The highest BCUT2D eigenvalue weighted by Gasteiger charge is 2.68. The molecule has 2 heteroatoms. The molecular formula is C13H21NS. The van der Waals surface area contributed by atoms with Crippen molar-refractivity contribution in [3.63, 3.8) is 0 Å². The van der Waals surface area contributed by atoms with Crippen molar-refractivity contribution < 1.29 is 0 Å². The van der Waals surface area contributed by atoms with E-state index in [9.17, 15) is 0 Å². The van der Waals surface area contributed by atoms with Gasteiger partial charge in [-0.2, -0.15) is 0 Å². The van der Waals surface area contributed by atoms with Crippen LogP contribution in [0.1, 0.15) is 46.0 Å². The van der Waals surface area contributed by atoms with Crippen LogP contribution in [0.2, 0.25) is 0 Å². The van der Waals surface area contributed by atoms with Crippen LogP contribution in [0.5, 0.6) is 0 Å². The quantitative estimate of drug-likeness (QED) is 0.609. The van der Waals surface area contributed by atoms with Gasteiger partial charge >= 0.3 is 0 Å². The maximum absolute atomic E-state index is 5.10. The molecule has 0 N–H and O–H groups in total. The number of rotatable bonds is 0. The molecular weight excluding hydrogens is 202 g/mol. The molecule has 1 nitrogen and oxygen atoms in total. The molecule has 0 bridgehead atoms. The molecule has 1 spiro atoms. The fourth-order valence-electron chi connectivity index (χ4n) is 4.64. The summed E-state index contributed by atoms with van der Waals surface area (Å²) in [6, 6.07) is 0. The molecule has 84 valence electrons. The second-order valence-corrected chi connectivity index (χ2v) is 6.96. The fraction of sp³-hybridized carbons (Fsp3) is 0.923. The number of aliphatic imine (C=N–C) groups is 1. The van der Waals surface area contributed by atoms with Crippen LogP contribution >= 0.6 is 11.8 Å². The van der Waals surface area contributed by atoms with Crippen LogP contribution in [0, 0.1) is 17.3 Å². The van der Waals surface area contributed by atoms with E-state index in [1.165, 1.54) is 37.1 Å². The SMILES string of the molecule is CSC1=N[C@@]23CCCC[C@@H]2C(C)(C)[C@H]3C1. The Hall–Kier alpha value is 0.0200. The average molecular weight is 223 g/mol. The van der Waals surface area contributed by atoms with Crippen LogP contribution in [0.4, 0.5) is 0 Å². The molecule has 3 aliphatic rings. The normalized spacial score (nSPS) is 46.5. The van der Waals surface area contributed by atoms with Gasteiger partial charge in [0.1, 0.15) is 0 Å². The second-order valence-electron chi connectivity index (χ2n) is 6.08. The van der Waals surface area contributed by atoms with E-state index in [1.807, 2.05) is 11.8 Å². The lowest BCUT2D eigenvalue weighted by atomic mass is 9.41. The van der Waals surface area contributed by atoms with Crippen LogP contribution in [0.25, 0.3) is 0 Å². The van der Waals surface area contributed by atoms with Gasteiger partial charge in [-0.25, -0.2) is 0 Å². The first kappa shape index (κ1) is 10.2. The highest BCUT2D eigenvalue weighted by molar-refractivity contribution is 8.13. The summed E-state index contributed by atoms with van der Waals surface area (Å²) in [4.78, 5) is 5.10. The van der Waals surface area contributed by atoms with Gasteiger partial charge in [0.25, 0.3) is 0 Å². The predicted octanol–water partition coefficient (Wildman–Crippen LogP) is 3.74. The molecule has 2 aliphatic carbocycles. The number of hydrogen-bond acceptors (Lipinski definition) is 2. The van der Waals surface area contributed by atoms with Gasteiger partial charge in [-0.1, -0.05) is 26.7 Å². The Labute approximate surface area is 97.1 Å². The standard InChI is InChI=1S/C13H21NS/c1-12(2)9-6-4-5-7-13(9)10(12)8-11(14-13)15-3/h9-10H,4-8H2,1-3H3/t9-,10-,13+/m1/s1. The van der Waals surface area contributed by atoms with E-state index in [4.69, 9.17) is 4.99 Å². The molecule has 0 aromatic heterocycles. The highest BCUT2D eigenvalue weighted by Crippen LogP contribution is 2.69. The molecule has 2 saturated carbocycles. The minimum atomic E-state index is 0.403. The minimum absolute atomic E-state index is 0.403. The van der Waals surface area contributed by atoms with Gasteiger partial charge in [0.05, 0.1) is 10.6 Å². The third-order valence-corrected chi connectivity index (χ3v) is 6.00. The van der Waals surface area contributed by atoms with Crippen molar-refractivity contribution in [2.24, 2.45) is 22.2 Å². The van der Waals surface area contributed by atoms with Gasteiger partial charge in [0, 0.05) is 6.42 Å². The Bertz CT molecular complexity index is 320. The molecule has 0 radical (unpaired) electrons. The van der Waals surface area contributed by atoms with Crippen molar-refractivity contribution in [1.82, 2.24) is 0 Å². The lowest BCUT2D eigenvalue weighted by molar-refractivity contribution is -0.128. The first-order valence-electron chi connectivity index (χ1n) is 6.24. The van der Waals surface area contributed by atoms with Crippen molar-refractivity contribution in [2.45, 2.75) is 51.5 Å². The molecule has 1 aliphatic heterocycles. The molecule has 2 fully saturated rings. The van der Waals surface area contributed by atoms with E-state index in [-0.39, 0.29) is 0 Å². The third kappa shape index (κ3) is 1.09. The number of hydrogen-bond donors (Lipinski definition) is 0. The summed E-state index contributed by atoms with van der Waals surface area (Å²) in [6.45, 7) is 4.95. The summed E-state index contributed by atoms with van der Waals surface area (Å²) in [5.41, 5.74) is 0.960. The molecule has 0 saturated heterocycles. The third-order valence-electron chi connectivity index (χ3n) is 5.27. The first-order chi connectivity index (χ1) is 7.11. The molecule has 0 aromatic rings. The second kappa shape index (κ2) is 3.03. The van der Waals surface area contributed by atoms with Crippen molar-refractivity contribution >= 4 is 16.8 Å². The van der Waals surface area contributed by atoms with Gasteiger partial charge in [0.15, 0.2) is 0 Å². The van der Waals surface area contributed by atoms with Gasteiger partial charge < -0.3 is 0 Å². The van der Waals surface area contributed by atoms with E-state index < -0.39 is 0 Å². The number of nitrogens with zero attached hydrogens (tertiary/aromatic N) is 1. The summed E-state index contributed by atoms with van der Waals surface area (Å²) >= 11 is 1.88. The summed E-state index contributed by atoms with van der Waals surface area (Å²) in [5, 5.41) is 1.43. The minimum Gasteiger partial charge on any atom is -0.276 e. The van der Waals surface area contributed by atoms with Crippen molar-refractivity contribution in [1.29, 1.82) is 0 Å². The van der Waals surface area contributed by atoms with Crippen LogP contribution in [-0.4, -0.2) is 16.8 Å². The summed E-state index contributed by atoms with van der Waals surface area (Å²) < 4.78 is 0. The average Bonchev–Trinajstić information content (AvgIpc) is 2.55. The summed E-state index contributed by atoms with van der Waals surface area (Å²) in [7, 11) is 0. The Morgan fingerprint density at radius 3 is 2.80 bits per heavy atom. The zero-order valence-corrected chi connectivity index (χ0v) is 10.9. The lowest BCUT2D eigenvalue weighted by Gasteiger charge is -2.65. The predicted molar refractivity (Wildman–Crippen MR) is 67.5 cm³/mol.